The van der Waals surface area contributed by atoms with Gasteiger partial charge in [-0.15, -0.1) is 0 Å². The first-order valence-electron chi connectivity index (χ1n) is 13.0. The number of sulfonamides is 1. The van der Waals surface area contributed by atoms with E-state index in [4.69, 9.17) is 0 Å². The first-order valence-corrected chi connectivity index (χ1v) is 15.2. The number of nitrogens with zero attached hydrogens (tertiary/aromatic N) is 2. The zero-order valence-corrected chi connectivity index (χ0v) is 25.3. The van der Waals surface area contributed by atoms with Crippen molar-refractivity contribution < 1.29 is 18.0 Å². The molecule has 7 nitrogen and oxygen atoms in total. The molecular weight excluding hydrogens is 578 g/mol. The summed E-state index contributed by atoms with van der Waals surface area (Å²) in [5.41, 5.74) is 2.97. The third-order valence-corrected chi connectivity index (χ3v) is 8.68. The summed E-state index contributed by atoms with van der Waals surface area (Å²) in [6, 6.07) is 20.2. The number of aryl methyl sites for hydroxylation is 2. The molecule has 9 heteroatoms. The number of nitrogens with one attached hydrogen (secondary N) is 1. The Balaban J connectivity index is 2.01. The second-order valence-corrected chi connectivity index (χ2v) is 12.4. The Labute approximate surface area is 240 Å². The van der Waals surface area contributed by atoms with E-state index in [1.165, 1.54) is 17.0 Å². The number of unbranched alkanes of at least 4 members (excludes halogenated alkanes) is 1. The molecule has 39 heavy (non-hydrogen) atoms. The number of rotatable bonds is 12. The Bertz CT molecular complexity index is 1360. The molecule has 1 N–H and O–H groups in total. The number of halogens is 1. The third kappa shape index (κ3) is 8.16. The van der Waals surface area contributed by atoms with Crippen molar-refractivity contribution in [2.24, 2.45) is 0 Å². The number of carbonyl (C=O) groups is 2. The number of hydrogen-bond donors (Lipinski definition) is 1. The molecule has 0 aromatic heterocycles. The fourth-order valence-electron chi connectivity index (χ4n) is 4.25. The average Bonchev–Trinajstić information content (AvgIpc) is 2.90. The molecule has 0 aliphatic heterocycles. The maximum atomic E-state index is 14.0. The minimum absolute atomic E-state index is 0.0850. The van der Waals surface area contributed by atoms with Crippen molar-refractivity contribution in [2.75, 3.05) is 17.4 Å². The maximum Gasteiger partial charge on any atom is 0.264 e. The Morgan fingerprint density at radius 2 is 1.56 bits per heavy atom. The largest absolute Gasteiger partial charge is 0.354 e. The highest BCUT2D eigenvalue weighted by Crippen LogP contribution is 2.26. The molecule has 3 rings (SSSR count). The first-order chi connectivity index (χ1) is 18.5. The summed E-state index contributed by atoms with van der Waals surface area (Å²) in [6.45, 7) is 7.68. The Morgan fingerprint density at radius 1 is 0.949 bits per heavy atom. The third-order valence-electron chi connectivity index (χ3n) is 6.37. The van der Waals surface area contributed by atoms with E-state index in [-0.39, 0.29) is 17.3 Å². The van der Waals surface area contributed by atoms with Gasteiger partial charge in [-0.05, 0) is 80.3 Å². The van der Waals surface area contributed by atoms with Gasteiger partial charge in [-0.3, -0.25) is 13.9 Å². The number of anilines is 1. The van der Waals surface area contributed by atoms with Gasteiger partial charge in [0.15, 0.2) is 0 Å². The van der Waals surface area contributed by atoms with Crippen LogP contribution in [0.3, 0.4) is 0 Å². The van der Waals surface area contributed by atoms with Crippen molar-refractivity contribution in [3.05, 3.63) is 94.0 Å². The van der Waals surface area contributed by atoms with Gasteiger partial charge >= 0.3 is 0 Å². The van der Waals surface area contributed by atoms with E-state index >= 15 is 0 Å². The van der Waals surface area contributed by atoms with Gasteiger partial charge in [-0.2, -0.15) is 0 Å². The molecule has 0 aliphatic rings. The van der Waals surface area contributed by atoms with E-state index in [1.807, 2.05) is 51.1 Å². The highest BCUT2D eigenvalue weighted by Gasteiger charge is 2.32. The molecule has 1 atom stereocenters. The minimum atomic E-state index is -4.08. The Kier molecular flexibility index (Phi) is 10.7. The molecule has 0 aliphatic carbocycles. The number of hydrogen-bond acceptors (Lipinski definition) is 4. The van der Waals surface area contributed by atoms with Crippen LogP contribution in [-0.4, -0.2) is 44.3 Å². The van der Waals surface area contributed by atoms with E-state index in [0.29, 0.717) is 12.2 Å². The van der Waals surface area contributed by atoms with Crippen molar-refractivity contribution in [1.82, 2.24) is 10.2 Å². The molecule has 2 amide bonds. The van der Waals surface area contributed by atoms with Gasteiger partial charge in [-0.25, -0.2) is 8.42 Å². The van der Waals surface area contributed by atoms with Crippen molar-refractivity contribution >= 4 is 43.5 Å². The Hall–Kier alpha value is -3.17. The second-order valence-electron chi connectivity index (χ2n) is 9.64. The SMILES string of the molecule is CCCCNC(=O)C(C)N(Cc1ccc(Br)cc1)C(=O)CN(c1cc(C)cc(C)c1)S(=O)(=O)c1ccccc1. The van der Waals surface area contributed by atoms with Crippen LogP contribution in [0.5, 0.6) is 0 Å². The van der Waals surface area contributed by atoms with Crippen LogP contribution in [0.2, 0.25) is 0 Å². The fraction of sp³-hybridized carbons (Fsp3) is 0.333. The fourth-order valence-corrected chi connectivity index (χ4v) is 5.93. The summed E-state index contributed by atoms with van der Waals surface area (Å²) < 4.78 is 29.7. The predicted octanol–water partition coefficient (Wildman–Crippen LogP) is 5.59. The van der Waals surface area contributed by atoms with Crippen LogP contribution in [0.15, 0.2) is 82.2 Å². The topological polar surface area (TPSA) is 86.8 Å². The highest BCUT2D eigenvalue weighted by atomic mass is 79.9. The van der Waals surface area contributed by atoms with Gasteiger partial charge < -0.3 is 10.2 Å². The van der Waals surface area contributed by atoms with Crippen molar-refractivity contribution in [1.29, 1.82) is 0 Å². The summed E-state index contributed by atoms with van der Waals surface area (Å²) in [6.07, 6.45) is 1.76. The first kappa shape index (κ1) is 30.4. The van der Waals surface area contributed by atoms with E-state index in [0.717, 1.165) is 38.3 Å². The molecule has 208 valence electrons. The van der Waals surface area contributed by atoms with Crippen LogP contribution >= 0.6 is 15.9 Å². The molecule has 0 spiro atoms. The predicted molar refractivity (Wildman–Crippen MR) is 159 cm³/mol. The maximum absolute atomic E-state index is 14.0. The van der Waals surface area contributed by atoms with Crippen molar-refractivity contribution in [3.8, 4) is 0 Å². The van der Waals surface area contributed by atoms with Crippen molar-refractivity contribution in [3.63, 3.8) is 0 Å². The van der Waals surface area contributed by atoms with Gasteiger partial charge in [-0.1, -0.05) is 65.7 Å². The molecule has 0 fully saturated rings. The minimum Gasteiger partial charge on any atom is -0.354 e. The van der Waals surface area contributed by atoms with Gasteiger partial charge in [0.1, 0.15) is 12.6 Å². The van der Waals surface area contributed by atoms with Crippen LogP contribution in [0.25, 0.3) is 0 Å². The van der Waals surface area contributed by atoms with Gasteiger partial charge in [0.2, 0.25) is 11.8 Å². The Morgan fingerprint density at radius 3 is 2.15 bits per heavy atom. The summed E-state index contributed by atoms with van der Waals surface area (Å²) >= 11 is 3.42. The number of benzene rings is 3. The monoisotopic (exact) mass is 613 g/mol. The molecule has 0 heterocycles. The lowest BCUT2D eigenvalue weighted by Crippen LogP contribution is -2.51. The summed E-state index contributed by atoms with van der Waals surface area (Å²) in [5.74, 6) is -0.757. The summed E-state index contributed by atoms with van der Waals surface area (Å²) in [7, 11) is -4.08. The van der Waals surface area contributed by atoms with Gasteiger partial charge in [0, 0.05) is 17.6 Å². The summed E-state index contributed by atoms with van der Waals surface area (Å²) in [4.78, 5) is 28.5. The van der Waals surface area contributed by atoms with Crippen LogP contribution in [0.4, 0.5) is 5.69 Å². The van der Waals surface area contributed by atoms with Crippen LogP contribution in [0.1, 0.15) is 43.4 Å². The standard InChI is InChI=1S/C30H36BrN3O4S/c1-5-6-16-32-30(36)24(4)33(20-25-12-14-26(31)15-13-25)29(35)21-34(27-18-22(2)17-23(3)19-27)39(37,38)28-10-8-7-9-11-28/h7-15,17-19,24H,5-6,16,20-21H2,1-4H3,(H,32,36). The van der Waals surface area contributed by atoms with E-state index in [9.17, 15) is 18.0 Å². The molecule has 0 saturated heterocycles. The van der Waals surface area contributed by atoms with Crippen molar-refractivity contribution in [2.45, 2.75) is 58.0 Å². The highest BCUT2D eigenvalue weighted by molar-refractivity contribution is 9.10. The zero-order chi connectivity index (χ0) is 28.6. The number of carbonyl (C=O) groups excluding carboxylic acids is 2. The van der Waals surface area contributed by atoms with E-state index in [2.05, 4.69) is 21.2 Å². The molecular formula is C30H36BrN3O4S. The normalized spacial score (nSPS) is 12.0. The molecule has 0 radical (unpaired) electrons. The molecule has 0 saturated carbocycles. The van der Waals surface area contributed by atoms with E-state index < -0.39 is 28.5 Å². The zero-order valence-electron chi connectivity index (χ0n) is 22.9. The smallest absolute Gasteiger partial charge is 0.264 e. The molecule has 3 aromatic rings. The average molecular weight is 615 g/mol. The quantitative estimate of drug-likeness (QED) is 0.270. The van der Waals surface area contributed by atoms with Crippen LogP contribution in [0, 0.1) is 13.8 Å². The summed E-state index contributed by atoms with van der Waals surface area (Å²) in [5, 5.41) is 2.90. The lowest BCUT2D eigenvalue weighted by molar-refractivity contribution is -0.139. The van der Waals surface area contributed by atoms with Gasteiger partial charge in [0.05, 0.1) is 10.6 Å². The lowest BCUT2D eigenvalue weighted by atomic mass is 10.1. The molecule has 3 aromatic carbocycles. The van der Waals surface area contributed by atoms with Crippen LogP contribution < -0.4 is 9.62 Å². The van der Waals surface area contributed by atoms with Gasteiger partial charge in [0.25, 0.3) is 10.0 Å². The number of amides is 2. The van der Waals surface area contributed by atoms with Crippen LogP contribution in [-0.2, 0) is 26.2 Å². The second kappa shape index (κ2) is 13.8. The lowest BCUT2D eigenvalue weighted by Gasteiger charge is -2.32. The molecule has 1 unspecified atom stereocenters. The molecule has 0 bridgehead atoms. The van der Waals surface area contributed by atoms with E-state index in [1.54, 1.807) is 37.3 Å².